The van der Waals surface area contributed by atoms with Gasteiger partial charge >= 0.3 is 12.2 Å². The monoisotopic (exact) mass is 471 g/mol. The number of benzene rings is 2. The highest BCUT2D eigenvalue weighted by Gasteiger charge is 2.40. The van der Waals surface area contributed by atoms with Crippen LogP contribution in [-0.4, -0.2) is 78.5 Å². The average Bonchev–Trinajstić information content (AvgIpc) is 3.29. The maximum atomic E-state index is 13.2. The van der Waals surface area contributed by atoms with Crippen LogP contribution in [-0.2, 0) is 32.0 Å². The van der Waals surface area contributed by atoms with Crippen LogP contribution in [0.15, 0.2) is 54.6 Å². The first kappa shape index (κ1) is 23.5. The third-order valence-electron chi connectivity index (χ3n) is 5.55. The fourth-order valence-corrected chi connectivity index (χ4v) is 3.75. The van der Waals surface area contributed by atoms with Gasteiger partial charge in [-0.25, -0.2) is 24.0 Å². The number of nitrogens with zero attached hydrogens (tertiary/aromatic N) is 3. The molecule has 2 aliphatic rings. The van der Waals surface area contributed by atoms with Gasteiger partial charge in [0.1, 0.15) is 18.5 Å². The van der Waals surface area contributed by atoms with Crippen LogP contribution in [0.1, 0.15) is 11.1 Å². The Morgan fingerprint density at radius 3 is 2.26 bits per heavy atom. The molecule has 2 aromatic carbocycles. The van der Waals surface area contributed by atoms with E-state index < -0.39 is 30.0 Å². The highest BCUT2D eigenvalue weighted by Crippen LogP contribution is 2.19. The van der Waals surface area contributed by atoms with Gasteiger partial charge in [0.2, 0.25) is 5.91 Å². The second kappa shape index (κ2) is 11.0. The number of hydrazine groups is 1. The van der Waals surface area contributed by atoms with Crippen molar-refractivity contribution in [3.8, 4) is 0 Å². The molecule has 2 heterocycles. The van der Waals surface area contributed by atoms with Crippen LogP contribution in [0, 0.1) is 5.82 Å². The molecule has 0 bridgehead atoms. The summed E-state index contributed by atoms with van der Waals surface area (Å²) in [6, 6.07) is 14.7. The van der Waals surface area contributed by atoms with E-state index in [0.29, 0.717) is 31.9 Å². The molecule has 34 heavy (non-hydrogen) atoms. The molecule has 0 aliphatic carbocycles. The van der Waals surface area contributed by atoms with E-state index in [1.165, 1.54) is 34.2 Å². The Morgan fingerprint density at radius 1 is 0.882 bits per heavy atom. The summed E-state index contributed by atoms with van der Waals surface area (Å²) in [6.45, 7) is 1.73. The van der Waals surface area contributed by atoms with Crippen LogP contribution < -0.4 is 0 Å². The SMILES string of the molecule is O=C(OC1CN(C(=O)Cc2ccc(F)cc2)N(C(=O)OCc2ccccc2)C1)N1CCOCC1. The van der Waals surface area contributed by atoms with Crippen molar-refractivity contribution in [2.24, 2.45) is 0 Å². The molecule has 0 radical (unpaired) electrons. The molecule has 2 saturated heterocycles. The molecule has 2 fully saturated rings. The number of morpholine rings is 1. The molecule has 1 unspecified atom stereocenters. The average molecular weight is 471 g/mol. The topological polar surface area (TPSA) is 88.6 Å². The van der Waals surface area contributed by atoms with Crippen LogP contribution >= 0.6 is 0 Å². The summed E-state index contributed by atoms with van der Waals surface area (Å²) >= 11 is 0. The van der Waals surface area contributed by atoms with E-state index in [-0.39, 0.29) is 26.1 Å². The first-order valence-corrected chi connectivity index (χ1v) is 11.1. The van der Waals surface area contributed by atoms with Gasteiger partial charge in [-0.2, -0.15) is 0 Å². The highest BCUT2D eigenvalue weighted by atomic mass is 19.1. The van der Waals surface area contributed by atoms with Crippen molar-refractivity contribution in [1.82, 2.24) is 14.9 Å². The van der Waals surface area contributed by atoms with Crippen molar-refractivity contribution in [2.45, 2.75) is 19.1 Å². The molecular formula is C24H26FN3O6. The van der Waals surface area contributed by atoms with Gasteiger partial charge < -0.3 is 19.1 Å². The van der Waals surface area contributed by atoms with Gasteiger partial charge in [0.05, 0.1) is 32.7 Å². The van der Waals surface area contributed by atoms with Crippen LogP contribution in [0.5, 0.6) is 0 Å². The first-order chi connectivity index (χ1) is 16.5. The zero-order valence-corrected chi connectivity index (χ0v) is 18.6. The number of ether oxygens (including phenoxy) is 3. The number of halogens is 1. The summed E-state index contributed by atoms with van der Waals surface area (Å²) in [5, 5.41) is 2.39. The van der Waals surface area contributed by atoms with Gasteiger partial charge in [-0.3, -0.25) is 4.79 Å². The van der Waals surface area contributed by atoms with E-state index in [0.717, 1.165) is 10.6 Å². The van der Waals surface area contributed by atoms with Gasteiger partial charge in [0.25, 0.3) is 0 Å². The van der Waals surface area contributed by atoms with Crippen LogP contribution in [0.3, 0.4) is 0 Å². The summed E-state index contributed by atoms with van der Waals surface area (Å²) in [4.78, 5) is 39.9. The lowest BCUT2D eigenvalue weighted by Gasteiger charge is -2.27. The quantitative estimate of drug-likeness (QED) is 0.666. The second-order valence-corrected chi connectivity index (χ2v) is 8.01. The number of carbonyl (C=O) groups is 3. The number of carbonyl (C=O) groups excluding carboxylic acids is 3. The fourth-order valence-electron chi connectivity index (χ4n) is 3.75. The molecule has 4 rings (SSSR count). The lowest BCUT2D eigenvalue weighted by atomic mass is 10.1. The maximum absolute atomic E-state index is 13.2. The van der Waals surface area contributed by atoms with E-state index in [1.807, 2.05) is 30.3 Å². The Hall–Kier alpha value is -3.66. The van der Waals surface area contributed by atoms with E-state index in [2.05, 4.69) is 0 Å². The smallest absolute Gasteiger partial charge is 0.429 e. The minimum atomic E-state index is -0.721. The third kappa shape index (κ3) is 6.02. The predicted octanol–water partition coefficient (Wildman–Crippen LogP) is 2.60. The second-order valence-electron chi connectivity index (χ2n) is 8.01. The largest absolute Gasteiger partial charge is 0.443 e. The molecular weight excluding hydrogens is 445 g/mol. The minimum Gasteiger partial charge on any atom is -0.443 e. The van der Waals surface area contributed by atoms with Crippen molar-refractivity contribution < 1.29 is 33.0 Å². The Balaban J connectivity index is 1.43. The lowest BCUT2D eigenvalue weighted by molar-refractivity contribution is -0.141. The van der Waals surface area contributed by atoms with Crippen LogP contribution in [0.4, 0.5) is 14.0 Å². The Morgan fingerprint density at radius 2 is 1.56 bits per heavy atom. The molecule has 3 amide bonds. The molecule has 0 aromatic heterocycles. The minimum absolute atomic E-state index is 0.0105. The number of amides is 3. The fraction of sp³-hybridized carbons (Fsp3) is 0.375. The van der Waals surface area contributed by atoms with Gasteiger partial charge in [0.15, 0.2) is 0 Å². The van der Waals surface area contributed by atoms with Crippen molar-refractivity contribution in [3.05, 3.63) is 71.5 Å². The predicted molar refractivity (Wildman–Crippen MR) is 118 cm³/mol. The summed E-state index contributed by atoms with van der Waals surface area (Å²) < 4.78 is 29.5. The van der Waals surface area contributed by atoms with E-state index >= 15 is 0 Å². The third-order valence-corrected chi connectivity index (χ3v) is 5.55. The normalized spacial score (nSPS) is 18.0. The van der Waals surface area contributed by atoms with Gasteiger partial charge in [0, 0.05) is 13.1 Å². The summed E-state index contributed by atoms with van der Waals surface area (Å²) in [7, 11) is 0. The van der Waals surface area contributed by atoms with Gasteiger partial charge in [-0.15, -0.1) is 0 Å². The zero-order valence-electron chi connectivity index (χ0n) is 18.6. The van der Waals surface area contributed by atoms with Crippen LogP contribution in [0.2, 0.25) is 0 Å². The lowest BCUT2D eigenvalue weighted by Crippen LogP contribution is -2.45. The first-order valence-electron chi connectivity index (χ1n) is 11.1. The van der Waals surface area contributed by atoms with E-state index in [9.17, 15) is 18.8 Å². The van der Waals surface area contributed by atoms with Gasteiger partial charge in [-0.05, 0) is 23.3 Å². The molecule has 0 spiro atoms. The number of hydrogen-bond donors (Lipinski definition) is 0. The molecule has 1 atom stereocenters. The van der Waals surface area contributed by atoms with E-state index in [1.54, 1.807) is 0 Å². The summed E-state index contributed by atoms with van der Waals surface area (Å²) in [5.74, 6) is -0.799. The molecule has 180 valence electrons. The molecule has 2 aromatic rings. The molecule has 10 heteroatoms. The highest BCUT2D eigenvalue weighted by molar-refractivity contribution is 5.82. The van der Waals surface area contributed by atoms with Crippen LogP contribution in [0.25, 0.3) is 0 Å². The summed E-state index contributed by atoms with van der Waals surface area (Å²) in [5.41, 5.74) is 1.40. The van der Waals surface area contributed by atoms with Gasteiger partial charge in [-0.1, -0.05) is 42.5 Å². The van der Waals surface area contributed by atoms with Crippen molar-refractivity contribution in [3.63, 3.8) is 0 Å². The number of hydrogen-bond acceptors (Lipinski definition) is 6. The Kier molecular flexibility index (Phi) is 7.58. The number of rotatable bonds is 5. The molecule has 0 N–H and O–H groups in total. The summed E-state index contributed by atoms with van der Waals surface area (Å²) in [6.07, 6.45) is -2.00. The Bertz CT molecular complexity index is 998. The van der Waals surface area contributed by atoms with Crippen molar-refractivity contribution >= 4 is 18.1 Å². The Labute approximate surface area is 196 Å². The van der Waals surface area contributed by atoms with Crippen molar-refractivity contribution in [2.75, 3.05) is 39.4 Å². The molecule has 9 nitrogen and oxygen atoms in total. The van der Waals surface area contributed by atoms with Crippen molar-refractivity contribution in [1.29, 1.82) is 0 Å². The standard InChI is InChI=1S/C24H26FN3O6/c25-20-8-6-18(7-9-20)14-22(29)27-15-21(34-23(30)26-10-12-32-13-11-26)16-28(27)24(31)33-17-19-4-2-1-3-5-19/h1-9,21H,10-17H2. The van der Waals surface area contributed by atoms with E-state index in [4.69, 9.17) is 14.2 Å². The molecule has 2 aliphatic heterocycles. The maximum Gasteiger partial charge on any atom is 0.429 e. The zero-order chi connectivity index (χ0) is 23.9. The molecule has 0 saturated carbocycles.